The fraction of sp³-hybridized carbons (Fsp3) is 0.143. The summed E-state index contributed by atoms with van der Waals surface area (Å²) >= 11 is 0. The van der Waals surface area contributed by atoms with Crippen LogP contribution in [-0.2, 0) is 9.53 Å². The minimum absolute atomic E-state index is 0.116. The predicted molar refractivity (Wildman–Crippen MR) is 104 cm³/mol. The number of hydrogen-bond acceptors (Lipinski definition) is 6. The van der Waals surface area contributed by atoms with Crippen molar-refractivity contribution < 1.29 is 27.4 Å². The lowest BCUT2D eigenvalue weighted by molar-refractivity contribution is -0.274. The third-order valence-electron chi connectivity index (χ3n) is 3.92. The molecule has 2 aromatic carbocycles. The quantitative estimate of drug-likeness (QED) is 0.330. The van der Waals surface area contributed by atoms with Crippen molar-refractivity contribution in [3.05, 3.63) is 66.0 Å². The van der Waals surface area contributed by atoms with Crippen LogP contribution in [0.2, 0.25) is 0 Å². The maximum Gasteiger partial charge on any atom is 0.573 e. The SMILES string of the molecule is CCOC(=O)C(C#N)=Cc1ccc(-c2ncn(-c3ccc(OC(F)(F)F)cc3)n2)cc1. The first-order chi connectivity index (χ1) is 14.8. The fourth-order valence-electron chi connectivity index (χ4n) is 2.56. The zero-order valence-corrected chi connectivity index (χ0v) is 16.1. The molecule has 0 bridgehead atoms. The van der Waals surface area contributed by atoms with Gasteiger partial charge in [-0.15, -0.1) is 18.3 Å². The second-order valence-electron chi connectivity index (χ2n) is 6.07. The second kappa shape index (κ2) is 9.13. The van der Waals surface area contributed by atoms with Crippen LogP contribution in [-0.4, -0.2) is 33.7 Å². The number of rotatable bonds is 6. The highest BCUT2D eigenvalue weighted by atomic mass is 19.4. The van der Waals surface area contributed by atoms with E-state index >= 15 is 0 Å². The number of carbonyl (C=O) groups is 1. The molecule has 158 valence electrons. The molecule has 7 nitrogen and oxygen atoms in total. The van der Waals surface area contributed by atoms with Crippen molar-refractivity contribution in [3.8, 4) is 28.9 Å². The van der Waals surface area contributed by atoms with Gasteiger partial charge in [-0.05, 0) is 42.8 Å². The van der Waals surface area contributed by atoms with Crippen LogP contribution >= 0.6 is 0 Å². The Bertz CT molecular complexity index is 1130. The number of alkyl halides is 3. The summed E-state index contributed by atoms with van der Waals surface area (Å²) in [4.78, 5) is 15.9. The zero-order chi connectivity index (χ0) is 22.4. The Morgan fingerprint density at radius 3 is 2.42 bits per heavy atom. The summed E-state index contributed by atoms with van der Waals surface area (Å²) < 4.78 is 46.8. The van der Waals surface area contributed by atoms with E-state index in [0.717, 1.165) is 0 Å². The molecule has 0 aliphatic heterocycles. The van der Waals surface area contributed by atoms with E-state index in [2.05, 4.69) is 14.8 Å². The van der Waals surface area contributed by atoms with Gasteiger partial charge in [-0.3, -0.25) is 0 Å². The highest BCUT2D eigenvalue weighted by molar-refractivity contribution is 5.97. The average molecular weight is 428 g/mol. The average Bonchev–Trinajstić information content (AvgIpc) is 3.22. The number of nitrogens with zero attached hydrogens (tertiary/aromatic N) is 4. The number of carbonyl (C=O) groups excluding carboxylic acids is 1. The fourth-order valence-corrected chi connectivity index (χ4v) is 2.56. The molecule has 31 heavy (non-hydrogen) atoms. The van der Waals surface area contributed by atoms with Crippen LogP contribution in [0.4, 0.5) is 13.2 Å². The molecule has 0 saturated heterocycles. The van der Waals surface area contributed by atoms with E-state index in [1.807, 2.05) is 0 Å². The molecule has 0 aliphatic rings. The lowest BCUT2D eigenvalue weighted by atomic mass is 10.1. The van der Waals surface area contributed by atoms with Gasteiger partial charge < -0.3 is 9.47 Å². The lowest BCUT2D eigenvalue weighted by Gasteiger charge is -2.09. The predicted octanol–water partition coefficient (Wildman–Crippen LogP) is 4.30. The molecule has 0 fully saturated rings. The zero-order valence-electron chi connectivity index (χ0n) is 16.1. The summed E-state index contributed by atoms with van der Waals surface area (Å²) in [7, 11) is 0. The number of aromatic nitrogens is 3. The topological polar surface area (TPSA) is 90.0 Å². The van der Waals surface area contributed by atoms with E-state index < -0.39 is 12.3 Å². The van der Waals surface area contributed by atoms with Crippen LogP contribution in [0, 0.1) is 11.3 Å². The van der Waals surface area contributed by atoms with Crippen molar-refractivity contribution >= 4 is 12.0 Å². The number of hydrogen-bond donors (Lipinski definition) is 0. The Morgan fingerprint density at radius 2 is 1.84 bits per heavy atom. The van der Waals surface area contributed by atoms with E-state index in [-0.39, 0.29) is 17.9 Å². The molecule has 0 saturated carbocycles. The molecular formula is C21H15F3N4O3. The smallest absolute Gasteiger partial charge is 0.462 e. The first kappa shape index (κ1) is 21.6. The number of ether oxygens (including phenoxy) is 2. The monoisotopic (exact) mass is 428 g/mol. The molecule has 1 aromatic heterocycles. The summed E-state index contributed by atoms with van der Waals surface area (Å²) in [6.07, 6.45) is -1.91. The van der Waals surface area contributed by atoms with Crippen molar-refractivity contribution in [2.75, 3.05) is 6.61 Å². The van der Waals surface area contributed by atoms with Gasteiger partial charge in [-0.2, -0.15) is 5.26 Å². The van der Waals surface area contributed by atoms with Crippen LogP contribution in [0.25, 0.3) is 23.2 Å². The van der Waals surface area contributed by atoms with Crippen LogP contribution in [0.3, 0.4) is 0 Å². The molecule has 0 radical (unpaired) electrons. The Labute approximate surface area is 175 Å². The van der Waals surface area contributed by atoms with Crippen molar-refractivity contribution in [2.45, 2.75) is 13.3 Å². The highest BCUT2D eigenvalue weighted by Crippen LogP contribution is 2.24. The van der Waals surface area contributed by atoms with Gasteiger partial charge in [0.05, 0.1) is 12.3 Å². The maximum atomic E-state index is 12.3. The van der Waals surface area contributed by atoms with Gasteiger partial charge in [-0.25, -0.2) is 14.5 Å². The van der Waals surface area contributed by atoms with Gasteiger partial charge >= 0.3 is 12.3 Å². The van der Waals surface area contributed by atoms with Gasteiger partial charge in [0.2, 0.25) is 0 Å². The summed E-state index contributed by atoms with van der Waals surface area (Å²) in [5.41, 5.74) is 1.67. The van der Waals surface area contributed by atoms with Crippen LogP contribution in [0.15, 0.2) is 60.4 Å². The standard InChI is InChI=1S/C21H15F3N4O3/c1-2-30-20(29)16(12-25)11-14-3-5-15(6-4-14)19-26-13-28(27-19)17-7-9-18(10-8-17)31-21(22,23)24/h3-11,13H,2H2,1H3. The van der Waals surface area contributed by atoms with Gasteiger partial charge in [-0.1, -0.05) is 24.3 Å². The Morgan fingerprint density at radius 1 is 1.16 bits per heavy atom. The molecule has 0 atom stereocenters. The molecule has 3 rings (SSSR count). The first-order valence-electron chi connectivity index (χ1n) is 8.96. The highest BCUT2D eigenvalue weighted by Gasteiger charge is 2.31. The summed E-state index contributed by atoms with van der Waals surface area (Å²) in [5.74, 6) is -0.641. The van der Waals surface area contributed by atoms with Crippen molar-refractivity contribution in [1.29, 1.82) is 5.26 Å². The summed E-state index contributed by atoms with van der Waals surface area (Å²) in [5, 5.41) is 13.4. The lowest BCUT2D eigenvalue weighted by Crippen LogP contribution is -2.17. The third-order valence-corrected chi connectivity index (χ3v) is 3.92. The van der Waals surface area contributed by atoms with Crippen LogP contribution in [0.5, 0.6) is 5.75 Å². The van der Waals surface area contributed by atoms with Crippen LogP contribution in [0.1, 0.15) is 12.5 Å². The van der Waals surface area contributed by atoms with Crippen LogP contribution < -0.4 is 4.74 Å². The molecular weight excluding hydrogens is 413 g/mol. The summed E-state index contributed by atoms with van der Waals surface area (Å²) in [6, 6.07) is 13.8. The largest absolute Gasteiger partial charge is 0.573 e. The number of nitriles is 1. The molecule has 3 aromatic rings. The molecule has 0 spiro atoms. The first-order valence-corrected chi connectivity index (χ1v) is 8.96. The molecule has 0 unspecified atom stereocenters. The Kier molecular flexibility index (Phi) is 6.35. The van der Waals surface area contributed by atoms with E-state index in [4.69, 9.17) is 10.00 Å². The van der Waals surface area contributed by atoms with E-state index in [0.29, 0.717) is 22.6 Å². The maximum absolute atomic E-state index is 12.3. The van der Waals surface area contributed by atoms with Gasteiger partial charge in [0.1, 0.15) is 23.7 Å². The van der Waals surface area contributed by atoms with Gasteiger partial charge in [0, 0.05) is 5.56 Å². The molecule has 0 N–H and O–H groups in total. The van der Waals surface area contributed by atoms with Crippen molar-refractivity contribution in [2.24, 2.45) is 0 Å². The van der Waals surface area contributed by atoms with E-state index in [1.54, 1.807) is 37.3 Å². The third kappa shape index (κ3) is 5.70. The minimum Gasteiger partial charge on any atom is -0.462 e. The van der Waals surface area contributed by atoms with E-state index in [1.165, 1.54) is 41.4 Å². The Hall–Kier alpha value is -4.13. The normalized spacial score (nSPS) is 11.6. The van der Waals surface area contributed by atoms with Gasteiger partial charge in [0.25, 0.3) is 0 Å². The number of esters is 1. The number of halogens is 3. The minimum atomic E-state index is -4.76. The summed E-state index contributed by atoms with van der Waals surface area (Å²) in [6.45, 7) is 1.82. The van der Waals surface area contributed by atoms with Crippen molar-refractivity contribution in [1.82, 2.24) is 14.8 Å². The second-order valence-corrected chi connectivity index (χ2v) is 6.07. The van der Waals surface area contributed by atoms with Gasteiger partial charge in [0.15, 0.2) is 5.82 Å². The Balaban J connectivity index is 1.75. The van der Waals surface area contributed by atoms with Crippen molar-refractivity contribution in [3.63, 3.8) is 0 Å². The number of benzene rings is 2. The molecule has 0 aliphatic carbocycles. The van der Waals surface area contributed by atoms with E-state index in [9.17, 15) is 18.0 Å². The molecule has 10 heteroatoms. The molecule has 1 heterocycles. The molecule has 0 amide bonds.